The van der Waals surface area contributed by atoms with Gasteiger partial charge in [0.15, 0.2) is 11.5 Å². The number of imidazole rings is 1. The van der Waals surface area contributed by atoms with Crippen molar-refractivity contribution < 1.29 is 14.3 Å². The zero-order chi connectivity index (χ0) is 24.9. The van der Waals surface area contributed by atoms with Crippen LogP contribution in [-0.4, -0.2) is 40.6 Å². The quantitative estimate of drug-likeness (QED) is 0.309. The fraction of sp³-hybridized carbons (Fsp3) is 0.267. The van der Waals surface area contributed by atoms with Crippen LogP contribution >= 0.6 is 0 Å². The summed E-state index contributed by atoms with van der Waals surface area (Å²) >= 11 is 0. The lowest BCUT2D eigenvalue weighted by atomic mass is 10.1. The van der Waals surface area contributed by atoms with E-state index >= 15 is 0 Å². The number of fused-ring (bicyclic) bond motifs is 1. The van der Waals surface area contributed by atoms with Crippen LogP contribution in [-0.2, 0) is 17.9 Å². The van der Waals surface area contributed by atoms with Crippen molar-refractivity contribution in [3.63, 3.8) is 0 Å². The van der Waals surface area contributed by atoms with E-state index in [2.05, 4.69) is 22.8 Å². The molecule has 0 saturated carbocycles. The maximum atomic E-state index is 12.9. The molecule has 1 amide bonds. The molecule has 1 aromatic heterocycles. The van der Waals surface area contributed by atoms with Crippen LogP contribution in [0, 0.1) is 0 Å². The first-order valence-electron chi connectivity index (χ1n) is 12.4. The van der Waals surface area contributed by atoms with Gasteiger partial charge in [0.1, 0.15) is 12.4 Å². The van der Waals surface area contributed by atoms with Gasteiger partial charge in [0.05, 0.1) is 24.7 Å². The second kappa shape index (κ2) is 10.7. The molecule has 5 rings (SSSR count). The lowest BCUT2D eigenvalue weighted by Gasteiger charge is -2.18. The molecule has 0 bridgehead atoms. The number of allylic oxidation sites excluding steroid dienone is 1. The summed E-state index contributed by atoms with van der Waals surface area (Å²) in [6.45, 7) is 4.36. The van der Waals surface area contributed by atoms with E-state index in [1.807, 2.05) is 78.6 Å². The predicted octanol–water partition coefficient (Wildman–Crippen LogP) is 5.67. The average Bonchev–Trinajstić information content (AvgIpc) is 3.45. The van der Waals surface area contributed by atoms with Crippen LogP contribution in [0.3, 0.4) is 0 Å². The van der Waals surface area contributed by atoms with Crippen molar-refractivity contribution in [3.8, 4) is 11.5 Å². The van der Waals surface area contributed by atoms with Crippen molar-refractivity contribution >= 4 is 23.0 Å². The third-order valence-electron chi connectivity index (χ3n) is 6.60. The number of benzene rings is 3. The summed E-state index contributed by atoms with van der Waals surface area (Å²) in [6, 6.07) is 24.2. The van der Waals surface area contributed by atoms with Gasteiger partial charge in [-0.25, -0.2) is 4.98 Å². The molecule has 1 unspecified atom stereocenters. The molecular formula is C30H31N3O3. The molecule has 6 heteroatoms. The van der Waals surface area contributed by atoms with Gasteiger partial charge in [-0.3, -0.25) is 4.79 Å². The van der Waals surface area contributed by atoms with Gasteiger partial charge in [-0.1, -0.05) is 60.7 Å². The standard InChI is InChI=1S/C30H31N3O3/c1-3-9-22-14-15-27(28(18-22)35-2)36-17-16-33-26-13-8-7-12-25(26)31-30(33)24-19-29(34)32(21-24)20-23-10-5-4-6-11-23/h3-15,18,24H,16-17,19-21H2,1-2H3. The number of carbonyl (C=O) groups is 1. The first-order valence-corrected chi connectivity index (χ1v) is 12.4. The van der Waals surface area contributed by atoms with Gasteiger partial charge in [0.2, 0.25) is 5.91 Å². The Morgan fingerprint density at radius 3 is 2.64 bits per heavy atom. The largest absolute Gasteiger partial charge is 0.493 e. The zero-order valence-electron chi connectivity index (χ0n) is 20.8. The lowest BCUT2D eigenvalue weighted by Crippen LogP contribution is -2.24. The monoisotopic (exact) mass is 481 g/mol. The number of carbonyl (C=O) groups excluding carboxylic acids is 1. The van der Waals surface area contributed by atoms with Gasteiger partial charge in [-0.2, -0.15) is 0 Å². The molecular weight excluding hydrogens is 450 g/mol. The highest BCUT2D eigenvalue weighted by Crippen LogP contribution is 2.32. The number of rotatable bonds is 9. The maximum Gasteiger partial charge on any atom is 0.223 e. The van der Waals surface area contributed by atoms with E-state index in [0.29, 0.717) is 44.2 Å². The molecule has 3 aromatic carbocycles. The Balaban J connectivity index is 1.34. The normalized spacial score (nSPS) is 15.8. The van der Waals surface area contributed by atoms with Crippen molar-refractivity contribution in [2.45, 2.75) is 32.4 Å². The minimum absolute atomic E-state index is 0.0447. The summed E-state index contributed by atoms with van der Waals surface area (Å²) in [5, 5.41) is 0. The van der Waals surface area contributed by atoms with Crippen LogP contribution in [0.2, 0.25) is 0 Å². The number of hydrogen-bond acceptors (Lipinski definition) is 4. The van der Waals surface area contributed by atoms with Crippen LogP contribution in [0.5, 0.6) is 11.5 Å². The van der Waals surface area contributed by atoms with E-state index in [9.17, 15) is 4.79 Å². The molecule has 1 saturated heterocycles. The average molecular weight is 482 g/mol. The van der Waals surface area contributed by atoms with Crippen LogP contribution < -0.4 is 9.47 Å². The summed E-state index contributed by atoms with van der Waals surface area (Å²) in [5.41, 5.74) is 4.20. The van der Waals surface area contributed by atoms with Gasteiger partial charge in [0.25, 0.3) is 0 Å². The molecule has 6 nitrogen and oxygen atoms in total. The van der Waals surface area contributed by atoms with Gasteiger partial charge in [-0.05, 0) is 42.3 Å². The highest BCUT2D eigenvalue weighted by atomic mass is 16.5. The number of nitrogens with zero attached hydrogens (tertiary/aromatic N) is 3. The Labute approximate surface area is 211 Å². The number of hydrogen-bond donors (Lipinski definition) is 0. The minimum atomic E-state index is 0.0447. The van der Waals surface area contributed by atoms with E-state index in [1.165, 1.54) is 0 Å². The molecule has 1 aliphatic heterocycles. The highest BCUT2D eigenvalue weighted by Gasteiger charge is 2.34. The SMILES string of the molecule is CC=Cc1ccc(OCCn2c(C3CC(=O)N(Cc4ccccc4)C3)nc3ccccc32)c(OC)c1. The minimum Gasteiger partial charge on any atom is -0.493 e. The Bertz CT molecular complexity index is 1380. The van der Waals surface area contributed by atoms with Gasteiger partial charge >= 0.3 is 0 Å². The number of amides is 1. The Hall–Kier alpha value is -4.06. The number of ether oxygens (including phenoxy) is 2. The fourth-order valence-corrected chi connectivity index (χ4v) is 4.89. The number of likely N-dealkylation sites (tertiary alicyclic amines) is 1. The van der Waals surface area contributed by atoms with Crippen molar-refractivity contribution in [1.29, 1.82) is 0 Å². The van der Waals surface area contributed by atoms with E-state index in [-0.39, 0.29) is 11.8 Å². The van der Waals surface area contributed by atoms with E-state index < -0.39 is 0 Å². The van der Waals surface area contributed by atoms with Gasteiger partial charge in [-0.15, -0.1) is 0 Å². The van der Waals surface area contributed by atoms with Gasteiger partial charge in [0, 0.05) is 25.4 Å². The second-order valence-corrected chi connectivity index (χ2v) is 9.03. The third kappa shape index (κ3) is 4.98. The summed E-state index contributed by atoms with van der Waals surface area (Å²) < 4.78 is 13.9. The fourth-order valence-electron chi connectivity index (χ4n) is 4.89. The molecule has 0 spiro atoms. The number of aromatic nitrogens is 2. The van der Waals surface area contributed by atoms with Crippen molar-refractivity contribution in [1.82, 2.24) is 14.5 Å². The summed E-state index contributed by atoms with van der Waals surface area (Å²) in [4.78, 5) is 19.8. The molecule has 36 heavy (non-hydrogen) atoms. The highest BCUT2D eigenvalue weighted by molar-refractivity contribution is 5.81. The van der Waals surface area contributed by atoms with Crippen LogP contribution in [0.15, 0.2) is 78.9 Å². The molecule has 0 N–H and O–H groups in total. The van der Waals surface area contributed by atoms with Crippen LogP contribution in [0.4, 0.5) is 0 Å². The first-order chi connectivity index (χ1) is 17.7. The molecule has 184 valence electrons. The third-order valence-corrected chi connectivity index (χ3v) is 6.60. The van der Waals surface area contributed by atoms with Crippen molar-refractivity contribution in [3.05, 3.63) is 95.8 Å². The Morgan fingerprint density at radius 2 is 1.83 bits per heavy atom. The molecule has 1 fully saturated rings. The maximum absolute atomic E-state index is 12.9. The molecule has 4 aromatic rings. The van der Waals surface area contributed by atoms with Crippen LogP contribution in [0.1, 0.15) is 36.2 Å². The van der Waals surface area contributed by atoms with E-state index in [0.717, 1.165) is 28.0 Å². The number of para-hydroxylation sites is 2. The van der Waals surface area contributed by atoms with E-state index in [4.69, 9.17) is 14.5 Å². The number of methoxy groups -OCH3 is 1. The summed E-state index contributed by atoms with van der Waals surface area (Å²) in [7, 11) is 1.65. The topological polar surface area (TPSA) is 56.6 Å². The molecule has 0 radical (unpaired) electrons. The molecule has 0 aliphatic carbocycles. The zero-order valence-corrected chi connectivity index (χ0v) is 20.8. The van der Waals surface area contributed by atoms with Gasteiger partial charge < -0.3 is 18.9 Å². The summed E-state index contributed by atoms with van der Waals surface area (Å²) in [6.07, 6.45) is 4.49. The van der Waals surface area contributed by atoms with Crippen molar-refractivity contribution in [2.75, 3.05) is 20.3 Å². The lowest BCUT2D eigenvalue weighted by molar-refractivity contribution is -0.128. The van der Waals surface area contributed by atoms with E-state index in [1.54, 1.807) is 7.11 Å². The predicted molar refractivity (Wildman–Crippen MR) is 142 cm³/mol. The molecule has 1 aliphatic rings. The van der Waals surface area contributed by atoms with Crippen molar-refractivity contribution in [2.24, 2.45) is 0 Å². The summed E-state index contributed by atoms with van der Waals surface area (Å²) in [5.74, 6) is 2.58. The smallest absolute Gasteiger partial charge is 0.223 e. The Kier molecular flexibility index (Phi) is 7.03. The molecule has 1 atom stereocenters. The first kappa shape index (κ1) is 23.7. The second-order valence-electron chi connectivity index (χ2n) is 9.03. The Morgan fingerprint density at radius 1 is 1.03 bits per heavy atom. The van der Waals surface area contributed by atoms with Crippen LogP contribution in [0.25, 0.3) is 17.1 Å². The molecule has 2 heterocycles.